The van der Waals surface area contributed by atoms with Crippen LogP contribution in [-0.2, 0) is 4.74 Å². The fourth-order valence-electron chi connectivity index (χ4n) is 1.27. The molecule has 1 rings (SSSR count). The SMILES string of the molecule is COC(=O)c1cc(OC)c(OC)c(O)c(=O)c1. The summed E-state index contributed by atoms with van der Waals surface area (Å²) in [6.07, 6.45) is 0. The van der Waals surface area contributed by atoms with E-state index in [1.165, 1.54) is 27.4 Å². The molecule has 0 atom stereocenters. The number of esters is 1. The third-order valence-corrected chi connectivity index (χ3v) is 2.09. The Hall–Kier alpha value is -2.24. The maximum atomic E-state index is 11.5. The van der Waals surface area contributed by atoms with E-state index in [1.54, 1.807) is 0 Å². The number of carbonyl (C=O) groups excluding carboxylic acids is 1. The Morgan fingerprint density at radius 3 is 2.29 bits per heavy atom. The Bertz CT molecular complexity index is 494. The minimum Gasteiger partial charge on any atom is -0.501 e. The molecule has 1 aromatic carbocycles. The van der Waals surface area contributed by atoms with Crippen molar-refractivity contribution in [1.82, 2.24) is 0 Å². The van der Waals surface area contributed by atoms with Crippen molar-refractivity contribution < 1.29 is 24.1 Å². The number of hydrogen-bond donors (Lipinski definition) is 1. The van der Waals surface area contributed by atoms with Crippen LogP contribution in [0.15, 0.2) is 16.9 Å². The zero-order chi connectivity index (χ0) is 13.0. The van der Waals surface area contributed by atoms with E-state index in [2.05, 4.69) is 4.74 Å². The first kappa shape index (κ1) is 12.8. The minimum atomic E-state index is -0.759. The Kier molecular flexibility index (Phi) is 3.92. The average Bonchev–Trinajstić information content (AvgIpc) is 2.46. The average molecular weight is 240 g/mol. The van der Waals surface area contributed by atoms with Crippen LogP contribution in [0.1, 0.15) is 10.4 Å². The van der Waals surface area contributed by atoms with Gasteiger partial charge in [0.05, 0.1) is 26.9 Å². The Morgan fingerprint density at radius 2 is 1.82 bits per heavy atom. The van der Waals surface area contributed by atoms with Gasteiger partial charge < -0.3 is 19.3 Å². The second-order valence-corrected chi connectivity index (χ2v) is 3.05. The first-order valence-electron chi connectivity index (χ1n) is 4.62. The smallest absolute Gasteiger partial charge is 0.338 e. The van der Waals surface area contributed by atoms with Gasteiger partial charge in [0.2, 0.25) is 16.9 Å². The molecule has 0 unspecified atom stereocenters. The summed E-state index contributed by atoms with van der Waals surface area (Å²) in [7, 11) is 3.78. The number of rotatable bonds is 3. The van der Waals surface area contributed by atoms with Crippen LogP contribution in [0.3, 0.4) is 0 Å². The number of aromatic hydroxyl groups is 1. The van der Waals surface area contributed by atoms with Gasteiger partial charge in [-0.15, -0.1) is 0 Å². The molecule has 0 bridgehead atoms. The molecule has 0 aromatic heterocycles. The Labute approximate surface area is 97.4 Å². The van der Waals surface area contributed by atoms with E-state index in [9.17, 15) is 14.7 Å². The summed E-state index contributed by atoms with van der Waals surface area (Å²) in [6, 6.07) is 2.21. The summed E-state index contributed by atoms with van der Waals surface area (Å²) in [5, 5.41) is 9.58. The van der Waals surface area contributed by atoms with Gasteiger partial charge in [-0.3, -0.25) is 4.79 Å². The van der Waals surface area contributed by atoms with Crippen molar-refractivity contribution in [2.45, 2.75) is 0 Å². The van der Waals surface area contributed by atoms with Gasteiger partial charge in [0.15, 0.2) is 5.75 Å². The third-order valence-electron chi connectivity index (χ3n) is 2.09. The van der Waals surface area contributed by atoms with Crippen molar-refractivity contribution in [2.75, 3.05) is 21.3 Å². The summed E-state index contributed by atoms with van der Waals surface area (Å²) in [5.74, 6) is -1.40. The lowest BCUT2D eigenvalue weighted by Crippen LogP contribution is -2.03. The lowest BCUT2D eigenvalue weighted by atomic mass is 10.3. The molecular formula is C11H12O6. The molecule has 6 nitrogen and oxygen atoms in total. The summed E-state index contributed by atoms with van der Waals surface area (Å²) >= 11 is 0. The van der Waals surface area contributed by atoms with Crippen LogP contribution < -0.4 is 14.9 Å². The lowest BCUT2D eigenvalue weighted by molar-refractivity contribution is 0.0600. The van der Waals surface area contributed by atoms with E-state index in [0.29, 0.717) is 0 Å². The maximum Gasteiger partial charge on any atom is 0.338 e. The van der Waals surface area contributed by atoms with Crippen molar-refractivity contribution in [3.8, 4) is 17.2 Å². The zero-order valence-electron chi connectivity index (χ0n) is 9.64. The topological polar surface area (TPSA) is 82.1 Å². The van der Waals surface area contributed by atoms with Crippen LogP contribution in [0.4, 0.5) is 0 Å². The molecule has 92 valence electrons. The summed E-state index contributed by atoms with van der Waals surface area (Å²) in [6.45, 7) is 0. The largest absolute Gasteiger partial charge is 0.501 e. The molecule has 0 amide bonds. The van der Waals surface area contributed by atoms with Crippen LogP contribution >= 0.6 is 0 Å². The quantitative estimate of drug-likeness (QED) is 0.777. The number of ether oxygens (including phenoxy) is 3. The molecule has 1 aromatic rings. The molecule has 6 heteroatoms. The van der Waals surface area contributed by atoms with E-state index < -0.39 is 17.1 Å². The second-order valence-electron chi connectivity index (χ2n) is 3.05. The van der Waals surface area contributed by atoms with Crippen LogP contribution in [0, 0.1) is 0 Å². The van der Waals surface area contributed by atoms with Crippen molar-refractivity contribution in [3.05, 3.63) is 27.9 Å². The molecule has 0 heterocycles. The molecule has 0 spiro atoms. The molecular weight excluding hydrogens is 228 g/mol. The van der Waals surface area contributed by atoms with Gasteiger partial charge in [-0.2, -0.15) is 0 Å². The highest BCUT2D eigenvalue weighted by atomic mass is 16.5. The van der Waals surface area contributed by atoms with Crippen LogP contribution in [-0.4, -0.2) is 32.4 Å². The van der Waals surface area contributed by atoms with Gasteiger partial charge in [0.1, 0.15) is 0 Å². The van der Waals surface area contributed by atoms with Crippen LogP contribution in [0.25, 0.3) is 0 Å². The molecule has 0 fully saturated rings. The van der Waals surface area contributed by atoms with E-state index in [-0.39, 0.29) is 17.1 Å². The number of methoxy groups -OCH3 is 3. The van der Waals surface area contributed by atoms with Crippen molar-refractivity contribution in [3.63, 3.8) is 0 Å². The van der Waals surface area contributed by atoms with Gasteiger partial charge in [-0.1, -0.05) is 0 Å². The molecule has 0 aliphatic carbocycles. The number of hydrogen-bond acceptors (Lipinski definition) is 6. The normalized spacial score (nSPS) is 9.59. The molecule has 0 aliphatic rings. The highest BCUT2D eigenvalue weighted by molar-refractivity contribution is 5.90. The van der Waals surface area contributed by atoms with Gasteiger partial charge >= 0.3 is 5.97 Å². The summed E-state index contributed by atoms with van der Waals surface area (Å²) in [5.41, 5.74) is -0.793. The standard InChI is InChI=1S/C11H12O6/c1-15-8-5-6(11(14)17-3)4-7(12)9(13)10(8)16-2/h4-5H,1-3H3,(H,12,13). The van der Waals surface area contributed by atoms with Crippen molar-refractivity contribution in [1.29, 1.82) is 0 Å². The van der Waals surface area contributed by atoms with Gasteiger partial charge in [0, 0.05) is 6.07 Å². The molecule has 0 saturated heterocycles. The number of carbonyl (C=O) groups is 1. The van der Waals surface area contributed by atoms with Crippen molar-refractivity contribution >= 4 is 5.97 Å². The first-order chi connectivity index (χ1) is 8.04. The molecule has 0 saturated carbocycles. The molecule has 0 aliphatic heterocycles. The molecule has 0 radical (unpaired) electrons. The lowest BCUT2D eigenvalue weighted by Gasteiger charge is -2.04. The van der Waals surface area contributed by atoms with Gasteiger partial charge in [0.25, 0.3) is 0 Å². The Morgan fingerprint density at radius 1 is 1.18 bits per heavy atom. The maximum absolute atomic E-state index is 11.5. The van der Waals surface area contributed by atoms with E-state index in [4.69, 9.17) is 9.47 Å². The molecule has 1 N–H and O–H groups in total. The van der Waals surface area contributed by atoms with E-state index in [0.717, 1.165) is 6.07 Å². The van der Waals surface area contributed by atoms with E-state index in [1.807, 2.05) is 0 Å². The zero-order valence-corrected chi connectivity index (χ0v) is 9.64. The fourth-order valence-corrected chi connectivity index (χ4v) is 1.27. The highest BCUT2D eigenvalue weighted by Gasteiger charge is 2.16. The van der Waals surface area contributed by atoms with Crippen LogP contribution in [0.5, 0.6) is 17.2 Å². The predicted octanol–water partition coefficient (Wildman–Crippen LogP) is 0.556. The molecule has 17 heavy (non-hydrogen) atoms. The summed E-state index contributed by atoms with van der Waals surface area (Å²) in [4.78, 5) is 22.9. The minimum absolute atomic E-state index is 0.0343. The third kappa shape index (κ3) is 2.47. The van der Waals surface area contributed by atoms with Crippen molar-refractivity contribution in [2.24, 2.45) is 0 Å². The predicted molar refractivity (Wildman–Crippen MR) is 58.8 cm³/mol. The monoisotopic (exact) mass is 240 g/mol. The van der Waals surface area contributed by atoms with E-state index >= 15 is 0 Å². The van der Waals surface area contributed by atoms with Gasteiger partial charge in [-0.25, -0.2) is 4.79 Å². The highest BCUT2D eigenvalue weighted by Crippen LogP contribution is 2.32. The first-order valence-corrected chi connectivity index (χ1v) is 4.62. The van der Waals surface area contributed by atoms with Crippen LogP contribution in [0.2, 0.25) is 0 Å². The summed E-state index contributed by atoms with van der Waals surface area (Å²) < 4.78 is 14.3. The fraction of sp³-hybridized carbons (Fsp3) is 0.273. The Balaban J connectivity index is 3.62. The van der Waals surface area contributed by atoms with Gasteiger partial charge in [-0.05, 0) is 6.07 Å². The second kappa shape index (κ2) is 5.20.